The van der Waals surface area contributed by atoms with E-state index in [9.17, 15) is 9.59 Å². The molecule has 1 fully saturated rings. The molecule has 110 valence electrons. The largest absolute Gasteiger partial charge is 0.481 e. The molecule has 4 heteroatoms. The van der Waals surface area contributed by atoms with Crippen LogP contribution in [0.25, 0.3) is 0 Å². The fourth-order valence-corrected chi connectivity index (χ4v) is 2.85. The van der Waals surface area contributed by atoms with E-state index in [1.807, 2.05) is 18.7 Å². The molecule has 0 aromatic carbocycles. The van der Waals surface area contributed by atoms with Crippen LogP contribution in [0.5, 0.6) is 0 Å². The highest BCUT2D eigenvalue weighted by Gasteiger charge is 2.32. The Kier molecular flexibility index (Phi) is 5.39. The first-order chi connectivity index (χ1) is 8.75. The van der Waals surface area contributed by atoms with Gasteiger partial charge in [-0.25, -0.2) is 0 Å². The van der Waals surface area contributed by atoms with Gasteiger partial charge in [-0.3, -0.25) is 9.59 Å². The quantitative estimate of drug-likeness (QED) is 0.835. The van der Waals surface area contributed by atoms with Gasteiger partial charge in [-0.1, -0.05) is 27.2 Å². The molecule has 2 atom stereocenters. The summed E-state index contributed by atoms with van der Waals surface area (Å²) in [6.07, 6.45) is 3.72. The Hall–Kier alpha value is -1.06. The highest BCUT2D eigenvalue weighted by molar-refractivity contribution is 5.78. The van der Waals surface area contributed by atoms with Crippen molar-refractivity contribution in [2.24, 2.45) is 11.3 Å². The van der Waals surface area contributed by atoms with Crippen LogP contribution in [0, 0.1) is 11.3 Å². The average Bonchev–Trinajstić information content (AvgIpc) is 2.26. The highest BCUT2D eigenvalue weighted by atomic mass is 16.4. The molecule has 0 radical (unpaired) electrons. The van der Waals surface area contributed by atoms with Gasteiger partial charge in [0.15, 0.2) is 0 Å². The summed E-state index contributed by atoms with van der Waals surface area (Å²) < 4.78 is 0. The van der Waals surface area contributed by atoms with Gasteiger partial charge >= 0.3 is 5.97 Å². The van der Waals surface area contributed by atoms with Crippen molar-refractivity contribution in [3.63, 3.8) is 0 Å². The molecule has 1 aliphatic heterocycles. The predicted molar refractivity (Wildman–Crippen MR) is 74.8 cm³/mol. The number of likely N-dealkylation sites (tertiary alicyclic amines) is 1. The van der Waals surface area contributed by atoms with Crippen molar-refractivity contribution in [1.82, 2.24) is 4.90 Å². The maximum Gasteiger partial charge on any atom is 0.303 e. The van der Waals surface area contributed by atoms with Crippen molar-refractivity contribution in [2.75, 3.05) is 6.54 Å². The summed E-state index contributed by atoms with van der Waals surface area (Å²) in [5, 5.41) is 8.88. The van der Waals surface area contributed by atoms with Gasteiger partial charge in [0.25, 0.3) is 0 Å². The normalized spacial score (nSPS) is 24.3. The summed E-state index contributed by atoms with van der Waals surface area (Å²) in [5.41, 5.74) is -0.470. The predicted octanol–water partition coefficient (Wildman–Crippen LogP) is 2.91. The molecule has 19 heavy (non-hydrogen) atoms. The van der Waals surface area contributed by atoms with E-state index in [-0.39, 0.29) is 18.4 Å². The first-order valence-corrected chi connectivity index (χ1v) is 7.26. The number of carbonyl (C=O) groups is 2. The number of carboxylic acid groups (broad SMARTS) is 1. The number of piperidine rings is 1. The summed E-state index contributed by atoms with van der Waals surface area (Å²) in [5.74, 6) is -0.129. The lowest BCUT2D eigenvalue weighted by Gasteiger charge is -2.39. The van der Waals surface area contributed by atoms with E-state index < -0.39 is 11.4 Å². The van der Waals surface area contributed by atoms with Crippen LogP contribution >= 0.6 is 0 Å². The van der Waals surface area contributed by atoms with Crippen LogP contribution in [-0.2, 0) is 9.59 Å². The number of nitrogens with zero attached hydrogens (tertiary/aromatic N) is 1. The number of hydrogen-bond donors (Lipinski definition) is 1. The second-order valence-corrected chi connectivity index (χ2v) is 6.66. The summed E-state index contributed by atoms with van der Waals surface area (Å²) in [7, 11) is 0. The Morgan fingerprint density at radius 1 is 1.26 bits per heavy atom. The molecule has 1 N–H and O–H groups in total. The minimum Gasteiger partial charge on any atom is -0.481 e. The smallest absolute Gasteiger partial charge is 0.303 e. The van der Waals surface area contributed by atoms with Crippen molar-refractivity contribution in [2.45, 2.75) is 65.8 Å². The molecular formula is C15H27NO3. The van der Waals surface area contributed by atoms with Crippen LogP contribution in [0.4, 0.5) is 0 Å². The highest BCUT2D eigenvalue weighted by Crippen LogP contribution is 2.30. The van der Waals surface area contributed by atoms with E-state index in [4.69, 9.17) is 5.11 Å². The lowest BCUT2D eigenvalue weighted by molar-refractivity contribution is -0.142. The Balaban J connectivity index is 2.63. The van der Waals surface area contributed by atoms with Crippen molar-refractivity contribution in [3.8, 4) is 0 Å². The van der Waals surface area contributed by atoms with Gasteiger partial charge in [-0.15, -0.1) is 0 Å². The molecule has 2 unspecified atom stereocenters. The number of rotatable bonds is 5. The molecule has 1 rings (SSSR count). The zero-order valence-electron chi connectivity index (χ0n) is 12.6. The maximum atomic E-state index is 12.4. The lowest BCUT2D eigenvalue weighted by Crippen LogP contribution is -2.46. The van der Waals surface area contributed by atoms with Gasteiger partial charge in [-0.05, 0) is 31.1 Å². The summed E-state index contributed by atoms with van der Waals surface area (Å²) in [6, 6.07) is 0.288. The van der Waals surface area contributed by atoms with Crippen LogP contribution in [0.15, 0.2) is 0 Å². The summed E-state index contributed by atoms with van der Waals surface area (Å²) in [6.45, 7) is 8.79. The summed E-state index contributed by atoms with van der Waals surface area (Å²) in [4.78, 5) is 25.2. The van der Waals surface area contributed by atoms with Crippen LogP contribution in [0.1, 0.15) is 59.8 Å². The van der Waals surface area contributed by atoms with E-state index in [1.54, 1.807) is 0 Å². The van der Waals surface area contributed by atoms with Gasteiger partial charge in [0.05, 0.1) is 6.42 Å². The van der Waals surface area contributed by atoms with Crippen molar-refractivity contribution in [1.29, 1.82) is 0 Å². The molecular weight excluding hydrogens is 242 g/mol. The van der Waals surface area contributed by atoms with Gasteiger partial charge in [0, 0.05) is 19.0 Å². The molecule has 1 aliphatic rings. The number of aliphatic carboxylic acids is 1. The second kappa shape index (κ2) is 6.40. The Bertz CT molecular complexity index is 338. The SMILES string of the molecule is CCC1CCC(C)N(C(=O)CC(C)(C)CC(=O)O)C1. The summed E-state index contributed by atoms with van der Waals surface area (Å²) >= 11 is 0. The van der Waals surface area contributed by atoms with E-state index in [2.05, 4.69) is 13.8 Å². The van der Waals surface area contributed by atoms with E-state index in [0.29, 0.717) is 12.3 Å². The fraction of sp³-hybridized carbons (Fsp3) is 0.867. The topological polar surface area (TPSA) is 57.6 Å². The van der Waals surface area contributed by atoms with Crippen LogP contribution in [-0.4, -0.2) is 34.5 Å². The Morgan fingerprint density at radius 3 is 2.42 bits per heavy atom. The van der Waals surface area contributed by atoms with Crippen LogP contribution in [0.2, 0.25) is 0 Å². The molecule has 1 amide bonds. The third-order valence-corrected chi connectivity index (χ3v) is 4.14. The van der Waals surface area contributed by atoms with E-state index in [1.165, 1.54) is 6.42 Å². The van der Waals surface area contributed by atoms with Crippen LogP contribution in [0.3, 0.4) is 0 Å². The second-order valence-electron chi connectivity index (χ2n) is 6.66. The lowest BCUT2D eigenvalue weighted by atomic mass is 9.84. The fourth-order valence-electron chi connectivity index (χ4n) is 2.85. The van der Waals surface area contributed by atoms with Crippen molar-refractivity contribution >= 4 is 11.9 Å². The monoisotopic (exact) mass is 269 g/mol. The van der Waals surface area contributed by atoms with Crippen molar-refractivity contribution in [3.05, 3.63) is 0 Å². The van der Waals surface area contributed by atoms with E-state index >= 15 is 0 Å². The first-order valence-electron chi connectivity index (χ1n) is 7.26. The number of hydrogen-bond acceptors (Lipinski definition) is 2. The van der Waals surface area contributed by atoms with Gasteiger partial charge in [0.1, 0.15) is 0 Å². The molecule has 0 saturated carbocycles. The number of carboxylic acids is 1. The standard InChI is InChI=1S/C15H27NO3/c1-5-12-7-6-11(2)16(10-12)13(17)8-15(3,4)9-14(18)19/h11-12H,5-10H2,1-4H3,(H,18,19). The van der Waals surface area contributed by atoms with Gasteiger partial charge in [0.2, 0.25) is 5.91 Å². The zero-order valence-corrected chi connectivity index (χ0v) is 12.6. The van der Waals surface area contributed by atoms with Crippen LogP contribution < -0.4 is 0 Å². The Morgan fingerprint density at radius 2 is 1.89 bits per heavy atom. The molecule has 0 aliphatic carbocycles. The minimum atomic E-state index is -0.837. The van der Waals surface area contributed by atoms with Crippen molar-refractivity contribution < 1.29 is 14.7 Å². The first kappa shape index (κ1) is 16.0. The molecule has 0 bridgehead atoms. The van der Waals surface area contributed by atoms with Gasteiger partial charge < -0.3 is 10.0 Å². The van der Waals surface area contributed by atoms with E-state index in [0.717, 1.165) is 19.4 Å². The molecule has 1 saturated heterocycles. The third kappa shape index (κ3) is 4.84. The minimum absolute atomic E-state index is 0.0398. The molecule has 0 aromatic heterocycles. The maximum absolute atomic E-state index is 12.4. The zero-order chi connectivity index (χ0) is 14.6. The molecule has 1 heterocycles. The number of amides is 1. The average molecular weight is 269 g/mol. The molecule has 4 nitrogen and oxygen atoms in total. The Labute approximate surface area is 116 Å². The molecule has 0 aromatic rings. The molecule has 0 spiro atoms. The van der Waals surface area contributed by atoms with Gasteiger partial charge in [-0.2, -0.15) is 0 Å². The third-order valence-electron chi connectivity index (χ3n) is 4.14. The number of carbonyl (C=O) groups excluding carboxylic acids is 1.